The Morgan fingerprint density at radius 1 is 1.21 bits per heavy atom. The summed E-state index contributed by atoms with van der Waals surface area (Å²) in [5.41, 5.74) is 2.19. The van der Waals surface area contributed by atoms with Gasteiger partial charge in [0, 0.05) is 31.6 Å². The number of benzene rings is 1. The molecular formula is C25H32N6O6S2. The van der Waals surface area contributed by atoms with E-state index in [2.05, 4.69) is 25.6 Å². The van der Waals surface area contributed by atoms with E-state index in [9.17, 15) is 23.4 Å². The predicted octanol–water partition coefficient (Wildman–Crippen LogP) is 2.06. The van der Waals surface area contributed by atoms with Crippen LogP contribution in [0, 0.1) is 12.8 Å². The van der Waals surface area contributed by atoms with E-state index in [0.29, 0.717) is 53.4 Å². The van der Waals surface area contributed by atoms with Gasteiger partial charge < -0.3 is 25.2 Å². The van der Waals surface area contributed by atoms with Crippen molar-refractivity contribution in [2.45, 2.75) is 38.7 Å². The fraction of sp³-hybridized carbons (Fsp3) is 0.440. The largest absolute Gasteiger partial charge is 0.462 e. The van der Waals surface area contributed by atoms with Crippen molar-refractivity contribution in [3.63, 3.8) is 0 Å². The van der Waals surface area contributed by atoms with Gasteiger partial charge in [0.2, 0.25) is 5.95 Å². The van der Waals surface area contributed by atoms with Crippen molar-refractivity contribution in [3.8, 4) is 0 Å². The SMILES string of the molecule is CCOC(=O)c1sc(Nc2nc(NCc3ccc(C[SH](=O)=O)cc3)cc(N3CCC(O)C(CO)C3)n2)nc1C. The molecule has 0 spiro atoms. The number of aliphatic hydroxyl groups excluding tert-OH is 2. The molecule has 0 radical (unpaired) electrons. The van der Waals surface area contributed by atoms with Crippen LogP contribution in [0.5, 0.6) is 0 Å². The minimum atomic E-state index is -2.49. The Balaban J connectivity index is 1.57. The van der Waals surface area contributed by atoms with Crippen molar-refractivity contribution in [1.82, 2.24) is 15.0 Å². The van der Waals surface area contributed by atoms with Gasteiger partial charge in [-0.05, 0) is 31.4 Å². The van der Waals surface area contributed by atoms with Gasteiger partial charge in [0.15, 0.2) is 5.13 Å². The summed E-state index contributed by atoms with van der Waals surface area (Å²) < 4.78 is 27.1. The van der Waals surface area contributed by atoms with Gasteiger partial charge in [-0.2, -0.15) is 9.97 Å². The molecule has 12 nitrogen and oxygen atoms in total. The molecule has 1 aromatic carbocycles. The molecule has 0 bridgehead atoms. The zero-order valence-corrected chi connectivity index (χ0v) is 23.4. The molecule has 3 aromatic rings. The lowest BCUT2D eigenvalue weighted by Gasteiger charge is -2.36. The summed E-state index contributed by atoms with van der Waals surface area (Å²) in [6.45, 7) is 5.02. The number of hydrogen-bond donors (Lipinski definition) is 5. The highest BCUT2D eigenvalue weighted by Gasteiger charge is 2.28. The maximum atomic E-state index is 12.2. The second-order valence-corrected chi connectivity index (χ2v) is 11.1. The minimum Gasteiger partial charge on any atom is -0.462 e. The van der Waals surface area contributed by atoms with Crippen LogP contribution in [-0.4, -0.2) is 72.0 Å². The first-order chi connectivity index (χ1) is 18.7. The van der Waals surface area contributed by atoms with Crippen molar-refractivity contribution in [3.05, 3.63) is 52.0 Å². The van der Waals surface area contributed by atoms with Gasteiger partial charge >= 0.3 is 5.97 Å². The lowest BCUT2D eigenvalue weighted by Crippen LogP contribution is -2.45. The summed E-state index contributed by atoms with van der Waals surface area (Å²) in [5.74, 6) is 0.667. The number of aliphatic hydroxyl groups is 2. The molecule has 1 fully saturated rings. The van der Waals surface area contributed by atoms with Crippen LogP contribution >= 0.6 is 11.3 Å². The molecule has 0 aliphatic carbocycles. The van der Waals surface area contributed by atoms with Gasteiger partial charge in [0.05, 0.1) is 30.8 Å². The first-order valence-electron chi connectivity index (χ1n) is 12.5. The smallest absolute Gasteiger partial charge is 0.350 e. The molecule has 210 valence electrons. The van der Waals surface area contributed by atoms with Crippen LogP contribution in [-0.2, 0) is 27.7 Å². The van der Waals surface area contributed by atoms with Crippen LogP contribution in [0.1, 0.15) is 39.8 Å². The first-order valence-corrected chi connectivity index (χ1v) is 14.7. The molecule has 14 heteroatoms. The number of nitrogens with one attached hydrogen (secondary N) is 2. The van der Waals surface area contributed by atoms with E-state index in [1.807, 2.05) is 17.0 Å². The molecule has 0 saturated carbocycles. The molecule has 39 heavy (non-hydrogen) atoms. The minimum absolute atomic E-state index is 0.000812. The van der Waals surface area contributed by atoms with Crippen LogP contribution in [0.4, 0.5) is 22.7 Å². The number of ether oxygens (including phenoxy) is 1. The van der Waals surface area contributed by atoms with E-state index in [1.165, 1.54) is 0 Å². The quantitative estimate of drug-likeness (QED) is 0.167. The number of rotatable bonds is 11. The van der Waals surface area contributed by atoms with Crippen LogP contribution in [0.3, 0.4) is 0 Å². The molecule has 2 unspecified atom stereocenters. The number of thiol groups is 1. The number of thiazole rings is 1. The summed E-state index contributed by atoms with van der Waals surface area (Å²) in [7, 11) is -2.49. The molecule has 3 heterocycles. The molecular weight excluding hydrogens is 544 g/mol. The predicted molar refractivity (Wildman–Crippen MR) is 149 cm³/mol. The zero-order chi connectivity index (χ0) is 27.9. The van der Waals surface area contributed by atoms with Gasteiger partial charge in [0.25, 0.3) is 0 Å². The Kier molecular flexibility index (Phi) is 9.67. The Morgan fingerprint density at radius 2 is 1.95 bits per heavy atom. The number of hydrogen-bond acceptors (Lipinski definition) is 13. The van der Waals surface area contributed by atoms with Crippen LogP contribution in [0.15, 0.2) is 30.3 Å². The van der Waals surface area contributed by atoms with Crippen LogP contribution in [0.2, 0.25) is 0 Å². The van der Waals surface area contributed by atoms with Gasteiger partial charge in [0.1, 0.15) is 27.2 Å². The fourth-order valence-electron chi connectivity index (χ4n) is 4.19. The number of anilines is 4. The third-order valence-corrected chi connectivity index (χ3v) is 7.93. The Morgan fingerprint density at radius 3 is 2.64 bits per heavy atom. The standard InChI is InChI=1S/C25H32N6O6S2/c1-3-37-23(34)22-15(2)27-25(38-22)30-24-28-20(26-11-16-4-6-17(7-5-16)14-39(35)36)10-21(29-24)31-9-8-19(33)18(12-31)13-32/h4-7,10,18-19,32-33,39H,3,8-9,11-14H2,1-2H3,(H2,26,27,28,29,30). The summed E-state index contributed by atoms with van der Waals surface area (Å²) in [6, 6.07) is 9.07. The summed E-state index contributed by atoms with van der Waals surface area (Å²) in [6.07, 6.45) is -0.0815. The number of carbonyl (C=O) groups excluding carboxylic acids is 1. The topological polar surface area (TPSA) is 167 Å². The summed E-state index contributed by atoms with van der Waals surface area (Å²) in [4.78, 5) is 28.3. The monoisotopic (exact) mass is 576 g/mol. The highest BCUT2D eigenvalue weighted by atomic mass is 32.2. The number of esters is 1. The molecule has 1 aliphatic heterocycles. The van der Waals surface area contributed by atoms with E-state index < -0.39 is 22.8 Å². The number of aromatic nitrogens is 3. The van der Waals surface area contributed by atoms with Crippen molar-refractivity contribution in [2.75, 3.05) is 41.8 Å². The maximum Gasteiger partial charge on any atom is 0.350 e. The van der Waals surface area contributed by atoms with Crippen molar-refractivity contribution in [2.24, 2.45) is 5.92 Å². The van der Waals surface area contributed by atoms with Crippen LogP contribution < -0.4 is 15.5 Å². The second-order valence-electron chi connectivity index (χ2n) is 9.12. The lowest BCUT2D eigenvalue weighted by atomic mass is 9.95. The fourth-order valence-corrected chi connectivity index (χ4v) is 5.55. The van der Waals surface area contributed by atoms with Crippen molar-refractivity contribution in [1.29, 1.82) is 0 Å². The second kappa shape index (κ2) is 13.2. The third-order valence-electron chi connectivity index (χ3n) is 6.25. The maximum absolute atomic E-state index is 12.2. The number of carbonyl (C=O) groups is 1. The Hall–Kier alpha value is -3.33. The molecule has 1 saturated heterocycles. The lowest BCUT2D eigenvalue weighted by molar-refractivity contribution is 0.0520. The van der Waals surface area contributed by atoms with E-state index >= 15 is 0 Å². The average molecular weight is 577 g/mol. The Bertz CT molecular complexity index is 1360. The molecule has 4 rings (SSSR count). The first kappa shape index (κ1) is 28.7. The van der Waals surface area contributed by atoms with E-state index in [1.54, 1.807) is 32.0 Å². The molecule has 2 atom stereocenters. The molecule has 2 aromatic heterocycles. The van der Waals surface area contributed by atoms with Gasteiger partial charge in [-0.15, -0.1) is 0 Å². The third kappa shape index (κ3) is 7.62. The summed E-state index contributed by atoms with van der Waals surface area (Å²) >= 11 is 1.15. The van der Waals surface area contributed by atoms with E-state index in [-0.39, 0.29) is 30.8 Å². The van der Waals surface area contributed by atoms with Crippen molar-refractivity contribution < 1.29 is 28.2 Å². The normalized spacial score (nSPS) is 17.3. The number of nitrogens with zero attached hydrogens (tertiary/aromatic N) is 4. The van der Waals surface area contributed by atoms with Gasteiger partial charge in [-0.3, -0.25) is 5.32 Å². The summed E-state index contributed by atoms with van der Waals surface area (Å²) in [5, 5.41) is 26.7. The zero-order valence-electron chi connectivity index (χ0n) is 21.7. The highest BCUT2D eigenvalue weighted by molar-refractivity contribution is 7.71. The van der Waals surface area contributed by atoms with E-state index in [0.717, 1.165) is 22.5 Å². The molecule has 4 N–H and O–H groups in total. The Labute approximate surface area is 232 Å². The number of piperidine rings is 1. The molecule has 1 aliphatic rings. The van der Waals surface area contributed by atoms with Gasteiger partial charge in [-0.1, -0.05) is 35.6 Å². The van der Waals surface area contributed by atoms with E-state index in [4.69, 9.17) is 4.74 Å². The van der Waals surface area contributed by atoms with Crippen LogP contribution in [0.25, 0.3) is 0 Å². The highest BCUT2D eigenvalue weighted by Crippen LogP contribution is 2.29. The number of aryl methyl sites for hydroxylation is 1. The average Bonchev–Trinajstić information content (AvgIpc) is 3.28. The molecule has 0 amide bonds. The van der Waals surface area contributed by atoms with Crippen molar-refractivity contribution >= 4 is 50.7 Å². The van der Waals surface area contributed by atoms with Gasteiger partial charge in [-0.25, -0.2) is 18.2 Å².